The molecule has 0 aromatic heterocycles. The summed E-state index contributed by atoms with van der Waals surface area (Å²) in [4.78, 5) is 12.3. The van der Waals surface area contributed by atoms with Crippen molar-refractivity contribution in [2.45, 2.75) is 135 Å². The lowest BCUT2D eigenvalue weighted by Crippen LogP contribution is -2.29. The summed E-state index contributed by atoms with van der Waals surface area (Å²) in [6, 6.07) is 0. The van der Waals surface area contributed by atoms with Crippen molar-refractivity contribution >= 4 is 5.97 Å². The summed E-state index contributed by atoms with van der Waals surface area (Å²) in [7, 11) is 0. The molecule has 0 N–H and O–H groups in total. The van der Waals surface area contributed by atoms with Gasteiger partial charge in [0.2, 0.25) is 0 Å². The van der Waals surface area contributed by atoms with E-state index in [1.807, 2.05) is 0 Å². The Labute approximate surface area is 192 Å². The molecule has 4 heteroatoms. The minimum Gasteiger partial charge on any atom is -0.465 e. The molecule has 0 aromatic rings. The first-order valence-electron chi connectivity index (χ1n) is 13.6. The van der Waals surface area contributed by atoms with Gasteiger partial charge in [-0.25, -0.2) is 0 Å². The summed E-state index contributed by atoms with van der Waals surface area (Å²) >= 11 is 0. The SMILES string of the molecule is CCCCCCCCOC(=O)C1CCC(OCCOC2CCC(CCCC)CC2)CC1. The van der Waals surface area contributed by atoms with Crippen molar-refractivity contribution in [3.8, 4) is 0 Å². The van der Waals surface area contributed by atoms with Gasteiger partial charge in [-0.15, -0.1) is 0 Å². The summed E-state index contributed by atoms with van der Waals surface area (Å²) in [5.41, 5.74) is 0. The molecule has 0 aromatic carbocycles. The Morgan fingerprint density at radius 3 is 1.81 bits per heavy atom. The maximum Gasteiger partial charge on any atom is 0.308 e. The molecule has 182 valence electrons. The molecule has 2 rings (SSSR count). The molecule has 0 spiro atoms. The third kappa shape index (κ3) is 11.7. The summed E-state index contributed by atoms with van der Waals surface area (Å²) < 4.78 is 17.6. The van der Waals surface area contributed by atoms with Crippen molar-refractivity contribution < 1.29 is 19.0 Å². The molecule has 0 saturated heterocycles. The number of hydrogen-bond donors (Lipinski definition) is 0. The van der Waals surface area contributed by atoms with Gasteiger partial charge in [0, 0.05) is 0 Å². The summed E-state index contributed by atoms with van der Waals surface area (Å²) in [6.45, 7) is 6.51. The molecule has 2 aliphatic rings. The number of unbranched alkanes of at least 4 members (excludes halogenated alkanes) is 6. The van der Waals surface area contributed by atoms with E-state index in [1.54, 1.807) is 0 Å². The van der Waals surface area contributed by atoms with Crippen LogP contribution in [0, 0.1) is 11.8 Å². The standard InChI is InChI=1S/C27H50O4/c1-3-5-7-8-9-10-20-31-27(28)24-14-18-26(19-15-24)30-22-21-29-25-16-12-23(13-17-25)11-6-4-2/h23-26H,3-22H2,1-2H3. The van der Waals surface area contributed by atoms with Gasteiger partial charge in [-0.3, -0.25) is 4.79 Å². The third-order valence-electron chi connectivity index (χ3n) is 7.30. The van der Waals surface area contributed by atoms with E-state index in [0.29, 0.717) is 25.9 Å². The van der Waals surface area contributed by atoms with Gasteiger partial charge in [0.15, 0.2) is 0 Å². The van der Waals surface area contributed by atoms with Gasteiger partial charge in [-0.1, -0.05) is 65.2 Å². The van der Waals surface area contributed by atoms with Crippen LogP contribution in [0.15, 0.2) is 0 Å². The lowest BCUT2D eigenvalue weighted by Gasteiger charge is -2.29. The average Bonchev–Trinajstić information content (AvgIpc) is 2.81. The van der Waals surface area contributed by atoms with Crippen molar-refractivity contribution in [2.24, 2.45) is 11.8 Å². The molecule has 0 heterocycles. The van der Waals surface area contributed by atoms with E-state index < -0.39 is 0 Å². The molecular formula is C27H50O4. The van der Waals surface area contributed by atoms with E-state index >= 15 is 0 Å². The molecule has 4 nitrogen and oxygen atoms in total. The smallest absolute Gasteiger partial charge is 0.308 e. The first-order chi connectivity index (χ1) is 15.2. The molecule has 0 aliphatic heterocycles. The van der Waals surface area contributed by atoms with Gasteiger partial charge in [0.05, 0.1) is 37.9 Å². The van der Waals surface area contributed by atoms with Crippen molar-refractivity contribution in [3.63, 3.8) is 0 Å². The zero-order chi connectivity index (χ0) is 22.2. The second-order valence-electron chi connectivity index (χ2n) is 9.94. The molecule has 0 radical (unpaired) electrons. The van der Waals surface area contributed by atoms with Crippen LogP contribution in [0.25, 0.3) is 0 Å². The Kier molecular flexibility index (Phi) is 14.6. The minimum absolute atomic E-state index is 0.0184. The van der Waals surface area contributed by atoms with Crippen molar-refractivity contribution in [1.82, 2.24) is 0 Å². The fraction of sp³-hybridized carbons (Fsp3) is 0.963. The third-order valence-corrected chi connectivity index (χ3v) is 7.30. The van der Waals surface area contributed by atoms with Gasteiger partial charge in [0.25, 0.3) is 0 Å². The lowest BCUT2D eigenvalue weighted by molar-refractivity contribution is -0.151. The highest BCUT2D eigenvalue weighted by Gasteiger charge is 2.28. The molecule has 0 atom stereocenters. The van der Waals surface area contributed by atoms with Crippen molar-refractivity contribution in [2.75, 3.05) is 19.8 Å². The van der Waals surface area contributed by atoms with Crippen LogP contribution in [0.1, 0.15) is 123 Å². The van der Waals surface area contributed by atoms with Crippen LogP contribution in [-0.2, 0) is 19.0 Å². The molecule has 2 saturated carbocycles. The van der Waals surface area contributed by atoms with Crippen LogP contribution >= 0.6 is 0 Å². The van der Waals surface area contributed by atoms with Crippen LogP contribution in [0.5, 0.6) is 0 Å². The zero-order valence-electron chi connectivity index (χ0n) is 20.6. The number of ether oxygens (including phenoxy) is 3. The van der Waals surface area contributed by atoms with Gasteiger partial charge in [-0.2, -0.15) is 0 Å². The van der Waals surface area contributed by atoms with Crippen molar-refractivity contribution in [1.29, 1.82) is 0 Å². The number of rotatable bonds is 16. The van der Waals surface area contributed by atoms with Crippen LogP contribution in [0.2, 0.25) is 0 Å². The number of carbonyl (C=O) groups is 1. The summed E-state index contributed by atoms with van der Waals surface area (Å²) in [6.07, 6.45) is 21.0. The molecule has 31 heavy (non-hydrogen) atoms. The molecule has 0 amide bonds. The predicted octanol–water partition coefficient (Wildman–Crippen LogP) is 7.23. The molecule has 2 fully saturated rings. The highest BCUT2D eigenvalue weighted by molar-refractivity contribution is 5.72. The van der Waals surface area contributed by atoms with Gasteiger partial charge in [0.1, 0.15) is 0 Å². The summed E-state index contributed by atoms with van der Waals surface area (Å²) in [5, 5.41) is 0. The fourth-order valence-electron chi connectivity index (χ4n) is 5.15. The zero-order valence-corrected chi connectivity index (χ0v) is 20.6. The van der Waals surface area contributed by atoms with Gasteiger partial charge >= 0.3 is 5.97 Å². The van der Waals surface area contributed by atoms with Crippen LogP contribution < -0.4 is 0 Å². The fourth-order valence-corrected chi connectivity index (χ4v) is 5.15. The maximum absolute atomic E-state index is 12.3. The predicted molar refractivity (Wildman–Crippen MR) is 127 cm³/mol. The Hall–Kier alpha value is -0.610. The van der Waals surface area contributed by atoms with E-state index in [0.717, 1.165) is 38.0 Å². The maximum atomic E-state index is 12.3. The van der Waals surface area contributed by atoms with Crippen LogP contribution in [-0.4, -0.2) is 38.0 Å². The second kappa shape index (κ2) is 16.9. The normalized spacial score (nSPS) is 26.6. The summed E-state index contributed by atoms with van der Waals surface area (Å²) in [5.74, 6) is 1.03. The van der Waals surface area contributed by atoms with Gasteiger partial charge < -0.3 is 14.2 Å². The first-order valence-corrected chi connectivity index (χ1v) is 13.6. The largest absolute Gasteiger partial charge is 0.465 e. The number of esters is 1. The minimum atomic E-state index is 0.0184. The van der Waals surface area contributed by atoms with Gasteiger partial charge in [-0.05, 0) is 63.7 Å². The molecule has 2 aliphatic carbocycles. The van der Waals surface area contributed by atoms with E-state index in [2.05, 4.69) is 13.8 Å². The number of carbonyl (C=O) groups excluding carboxylic acids is 1. The Morgan fingerprint density at radius 2 is 1.19 bits per heavy atom. The highest BCUT2D eigenvalue weighted by atomic mass is 16.5. The van der Waals surface area contributed by atoms with E-state index in [-0.39, 0.29) is 18.0 Å². The number of hydrogen-bond acceptors (Lipinski definition) is 4. The Bertz CT molecular complexity index is 437. The quantitative estimate of drug-likeness (QED) is 0.188. The topological polar surface area (TPSA) is 44.8 Å². The average molecular weight is 439 g/mol. The Balaban J connectivity index is 1.43. The molecular weight excluding hydrogens is 388 g/mol. The Morgan fingerprint density at radius 1 is 0.645 bits per heavy atom. The van der Waals surface area contributed by atoms with Crippen LogP contribution in [0.3, 0.4) is 0 Å². The second-order valence-corrected chi connectivity index (χ2v) is 9.94. The van der Waals surface area contributed by atoms with Crippen LogP contribution in [0.4, 0.5) is 0 Å². The highest BCUT2D eigenvalue weighted by Crippen LogP contribution is 2.30. The van der Waals surface area contributed by atoms with E-state index in [4.69, 9.17) is 14.2 Å². The van der Waals surface area contributed by atoms with E-state index in [9.17, 15) is 4.79 Å². The molecule has 0 bridgehead atoms. The molecule has 0 unspecified atom stereocenters. The van der Waals surface area contributed by atoms with E-state index in [1.165, 1.54) is 77.0 Å². The van der Waals surface area contributed by atoms with Crippen molar-refractivity contribution in [3.05, 3.63) is 0 Å². The monoisotopic (exact) mass is 438 g/mol. The first kappa shape index (κ1) is 26.6. The lowest BCUT2D eigenvalue weighted by atomic mass is 9.84.